The van der Waals surface area contributed by atoms with Crippen molar-refractivity contribution >= 4 is 6.09 Å². The third-order valence-corrected chi connectivity index (χ3v) is 0.934. The van der Waals surface area contributed by atoms with Crippen molar-refractivity contribution in [3.63, 3.8) is 0 Å². The predicted molar refractivity (Wildman–Crippen MR) is 33.5 cm³/mol. The molecule has 1 atom stereocenters. The van der Waals surface area contributed by atoms with Gasteiger partial charge in [-0.1, -0.05) is 0 Å². The van der Waals surface area contributed by atoms with Crippen molar-refractivity contribution in [1.82, 2.24) is 5.32 Å². The molecule has 0 aromatic heterocycles. The molecular weight excluding hydrogens is 138 g/mol. The van der Waals surface area contributed by atoms with Gasteiger partial charge in [0.2, 0.25) is 0 Å². The molecule has 60 valence electrons. The second kappa shape index (κ2) is 4.08. The maximum Gasteiger partial charge on any atom is 0.404 e. The number of rotatable bonds is 3. The molecule has 0 aliphatic heterocycles. The molecule has 0 aromatic carbocycles. The van der Waals surface area contributed by atoms with Crippen LogP contribution in [0.15, 0.2) is 0 Å². The van der Waals surface area contributed by atoms with Crippen molar-refractivity contribution in [2.75, 3.05) is 0 Å². The molecule has 5 heteroatoms. The third kappa shape index (κ3) is 5.33. The maximum absolute atomic E-state index is 9.92. The highest BCUT2D eigenvalue weighted by Crippen LogP contribution is 1.93. The lowest BCUT2D eigenvalue weighted by Gasteiger charge is -2.11. The second-order valence-electron chi connectivity index (χ2n) is 2.07. The maximum atomic E-state index is 9.92. The summed E-state index contributed by atoms with van der Waals surface area (Å²) >= 11 is 0. The van der Waals surface area contributed by atoms with E-state index in [1.165, 1.54) is 0 Å². The van der Waals surface area contributed by atoms with Gasteiger partial charge >= 0.3 is 6.09 Å². The van der Waals surface area contributed by atoms with Crippen LogP contribution < -0.4 is 5.32 Å². The lowest BCUT2D eigenvalue weighted by atomic mass is 10.2. The van der Waals surface area contributed by atoms with Gasteiger partial charge in [-0.3, -0.25) is 0 Å². The molecule has 1 unspecified atom stereocenters. The fourth-order valence-corrected chi connectivity index (χ4v) is 0.586. The SMILES string of the molecule is CC(CC(O)O)NC(=O)O. The number of nitrogens with one attached hydrogen (secondary N) is 1. The van der Waals surface area contributed by atoms with Crippen LogP contribution in [-0.4, -0.2) is 33.7 Å². The van der Waals surface area contributed by atoms with E-state index in [0.29, 0.717) is 0 Å². The fourth-order valence-electron chi connectivity index (χ4n) is 0.586. The quantitative estimate of drug-likeness (QED) is 0.401. The summed E-state index contributed by atoms with van der Waals surface area (Å²) in [5.41, 5.74) is 0. The van der Waals surface area contributed by atoms with Gasteiger partial charge in [-0.2, -0.15) is 0 Å². The van der Waals surface area contributed by atoms with Crippen molar-refractivity contribution in [3.05, 3.63) is 0 Å². The van der Waals surface area contributed by atoms with Crippen LogP contribution >= 0.6 is 0 Å². The Kier molecular flexibility index (Phi) is 3.75. The first kappa shape index (κ1) is 9.19. The van der Waals surface area contributed by atoms with E-state index in [0.717, 1.165) is 0 Å². The largest absolute Gasteiger partial charge is 0.465 e. The van der Waals surface area contributed by atoms with Gasteiger partial charge in [-0.05, 0) is 6.92 Å². The summed E-state index contributed by atoms with van der Waals surface area (Å²) in [6.45, 7) is 1.55. The monoisotopic (exact) mass is 149 g/mol. The molecule has 0 radical (unpaired) electrons. The molecule has 0 aromatic rings. The molecule has 4 N–H and O–H groups in total. The molecule has 10 heavy (non-hydrogen) atoms. The molecule has 0 heterocycles. The first-order valence-electron chi connectivity index (χ1n) is 2.88. The minimum atomic E-state index is -1.46. The second-order valence-corrected chi connectivity index (χ2v) is 2.07. The van der Waals surface area contributed by atoms with Crippen molar-refractivity contribution in [1.29, 1.82) is 0 Å². The standard InChI is InChI=1S/C5H11NO4/c1-3(2-4(7)8)6-5(9)10/h3-4,6-8H,2H2,1H3,(H,9,10). The highest BCUT2D eigenvalue weighted by atomic mass is 16.5. The van der Waals surface area contributed by atoms with Crippen LogP contribution in [0.2, 0.25) is 0 Å². The lowest BCUT2D eigenvalue weighted by Crippen LogP contribution is -2.33. The minimum Gasteiger partial charge on any atom is -0.465 e. The van der Waals surface area contributed by atoms with Crippen molar-refractivity contribution in [2.24, 2.45) is 0 Å². The third-order valence-electron chi connectivity index (χ3n) is 0.934. The van der Waals surface area contributed by atoms with Gasteiger partial charge in [-0.15, -0.1) is 0 Å². The van der Waals surface area contributed by atoms with Gasteiger partial charge in [0.15, 0.2) is 6.29 Å². The Morgan fingerprint density at radius 2 is 2.10 bits per heavy atom. The van der Waals surface area contributed by atoms with Gasteiger partial charge in [-0.25, -0.2) is 4.79 Å². The molecule has 0 rings (SSSR count). The van der Waals surface area contributed by atoms with Crippen LogP contribution in [0.1, 0.15) is 13.3 Å². The zero-order valence-corrected chi connectivity index (χ0v) is 5.61. The molecule has 0 aliphatic carbocycles. The molecule has 0 saturated carbocycles. The van der Waals surface area contributed by atoms with Crippen molar-refractivity contribution in [3.8, 4) is 0 Å². The summed E-state index contributed by atoms with van der Waals surface area (Å²) in [4.78, 5) is 9.92. The number of carbonyl (C=O) groups is 1. The zero-order valence-electron chi connectivity index (χ0n) is 5.61. The summed E-state index contributed by atoms with van der Waals surface area (Å²) in [6.07, 6.45) is -2.61. The summed E-state index contributed by atoms with van der Waals surface area (Å²) in [5.74, 6) is 0. The Bertz CT molecular complexity index is 114. The molecule has 1 amide bonds. The van der Waals surface area contributed by atoms with Crippen LogP contribution in [0, 0.1) is 0 Å². The van der Waals surface area contributed by atoms with Crippen LogP contribution in [-0.2, 0) is 0 Å². The average molecular weight is 149 g/mol. The minimum absolute atomic E-state index is 0.00625. The van der Waals surface area contributed by atoms with E-state index >= 15 is 0 Å². The molecule has 5 nitrogen and oxygen atoms in total. The summed E-state index contributed by atoms with van der Waals surface area (Å²) in [7, 11) is 0. The van der Waals surface area contributed by atoms with E-state index in [-0.39, 0.29) is 6.42 Å². The molecule has 0 fully saturated rings. The lowest BCUT2D eigenvalue weighted by molar-refractivity contribution is -0.0498. The van der Waals surface area contributed by atoms with Crippen molar-refractivity contribution < 1.29 is 20.1 Å². The predicted octanol–water partition coefficient (Wildman–Crippen LogP) is -0.657. The van der Waals surface area contributed by atoms with Gasteiger partial charge in [0, 0.05) is 12.5 Å². The number of hydrogen-bond acceptors (Lipinski definition) is 3. The van der Waals surface area contributed by atoms with Crippen LogP contribution in [0.3, 0.4) is 0 Å². The van der Waals surface area contributed by atoms with E-state index in [4.69, 9.17) is 15.3 Å². The van der Waals surface area contributed by atoms with Gasteiger partial charge in [0.25, 0.3) is 0 Å². The van der Waals surface area contributed by atoms with E-state index in [1.54, 1.807) is 6.92 Å². The first-order chi connectivity index (χ1) is 4.52. The first-order valence-corrected chi connectivity index (χ1v) is 2.88. The van der Waals surface area contributed by atoms with Gasteiger partial charge in [0.1, 0.15) is 0 Å². The Hall–Kier alpha value is -0.810. The van der Waals surface area contributed by atoms with Gasteiger partial charge in [0.05, 0.1) is 0 Å². The molecule has 0 aliphatic rings. The normalized spacial score (nSPS) is 13.2. The number of hydrogen-bond donors (Lipinski definition) is 4. The fraction of sp³-hybridized carbons (Fsp3) is 0.800. The number of aliphatic hydroxyl groups is 2. The highest BCUT2D eigenvalue weighted by molar-refractivity contribution is 5.64. The average Bonchev–Trinajstić information content (AvgIpc) is 1.58. The molecule has 0 saturated heterocycles. The van der Waals surface area contributed by atoms with Gasteiger partial charge < -0.3 is 20.6 Å². The molecular formula is C5H11NO4. The van der Waals surface area contributed by atoms with E-state index in [1.807, 2.05) is 0 Å². The van der Waals surface area contributed by atoms with Crippen molar-refractivity contribution in [2.45, 2.75) is 25.7 Å². The zero-order chi connectivity index (χ0) is 8.15. The molecule has 0 spiro atoms. The van der Waals surface area contributed by atoms with E-state index in [9.17, 15) is 4.79 Å². The Labute approximate surface area is 58.3 Å². The highest BCUT2D eigenvalue weighted by Gasteiger charge is 2.08. The molecule has 0 bridgehead atoms. The summed E-state index contributed by atoms with van der Waals surface area (Å²) in [6, 6.07) is -0.433. The Balaban J connectivity index is 3.43. The number of amides is 1. The number of aliphatic hydroxyl groups excluding tert-OH is 1. The van der Waals surface area contributed by atoms with Crippen LogP contribution in [0.5, 0.6) is 0 Å². The number of carboxylic acid groups (broad SMARTS) is 1. The van der Waals surface area contributed by atoms with E-state index in [2.05, 4.69) is 5.32 Å². The Morgan fingerprint density at radius 1 is 1.60 bits per heavy atom. The summed E-state index contributed by atoms with van der Waals surface area (Å²) < 4.78 is 0. The topological polar surface area (TPSA) is 89.8 Å². The summed E-state index contributed by atoms with van der Waals surface area (Å²) in [5, 5.41) is 26.9. The Morgan fingerprint density at radius 3 is 2.40 bits per heavy atom. The van der Waals surface area contributed by atoms with Crippen LogP contribution in [0.25, 0.3) is 0 Å². The van der Waals surface area contributed by atoms with E-state index < -0.39 is 18.4 Å². The van der Waals surface area contributed by atoms with Crippen LogP contribution in [0.4, 0.5) is 4.79 Å². The smallest absolute Gasteiger partial charge is 0.404 e.